The van der Waals surface area contributed by atoms with Gasteiger partial charge in [0.25, 0.3) is 5.91 Å². The third-order valence-electron chi connectivity index (χ3n) is 5.29. The lowest BCUT2D eigenvalue weighted by molar-refractivity contribution is 0.0532. The third-order valence-corrected chi connectivity index (χ3v) is 5.29. The second kappa shape index (κ2) is 6.52. The fourth-order valence-electron chi connectivity index (χ4n) is 3.63. The van der Waals surface area contributed by atoms with E-state index in [0.29, 0.717) is 18.2 Å². The summed E-state index contributed by atoms with van der Waals surface area (Å²) in [6.07, 6.45) is 5.90. The molecule has 0 aromatic heterocycles. The molecule has 1 aromatic rings. The predicted octanol–water partition coefficient (Wildman–Crippen LogP) is 3.21. The van der Waals surface area contributed by atoms with Gasteiger partial charge in [-0.2, -0.15) is 0 Å². The number of carbonyl (C=O) groups is 1. The van der Waals surface area contributed by atoms with Gasteiger partial charge in [-0.25, -0.2) is 0 Å². The Labute approximate surface area is 139 Å². The molecule has 4 nitrogen and oxygen atoms in total. The largest absolute Gasteiger partial charge is 0.490 e. The lowest BCUT2D eigenvalue weighted by atomic mass is 9.79. The summed E-state index contributed by atoms with van der Waals surface area (Å²) in [5.74, 6) is 0.901. The van der Waals surface area contributed by atoms with Crippen molar-refractivity contribution in [2.75, 3.05) is 13.1 Å². The molecule has 1 amide bonds. The molecule has 1 aromatic carbocycles. The van der Waals surface area contributed by atoms with Crippen molar-refractivity contribution in [3.05, 3.63) is 29.8 Å². The molecule has 1 unspecified atom stereocenters. The van der Waals surface area contributed by atoms with Crippen molar-refractivity contribution < 1.29 is 9.53 Å². The van der Waals surface area contributed by atoms with Gasteiger partial charge in [0, 0.05) is 24.7 Å². The Morgan fingerprint density at radius 2 is 2.00 bits per heavy atom. The summed E-state index contributed by atoms with van der Waals surface area (Å²) in [7, 11) is 0. The SMILES string of the molecule is CC1(C)CN(C(=O)c2cccc(OC3CCCC3)c2)CCC1N. The third kappa shape index (κ3) is 3.69. The Morgan fingerprint density at radius 1 is 1.26 bits per heavy atom. The van der Waals surface area contributed by atoms with Crippen LogP contribution in [0.5, 0.6) is 5.75 Å². The quantitative estimate of drug-likeness (QED) is 0.931. The fraction of sp³-hybridized carbons (Fsp3) is 0.632. The molecule has 2 N–H and O–H groups in total. The molecule has 2 aliphatic rings. The van der Waals surface area contributed by atoms with Crippen LogP contribution < -0.4 is 10.5 Å². The minimum atomic E-state index is -0.0358. The van der Waals surface area contributed by atoms with E-state index < -0.39 is 0 Å². The molecular weight excluding hydrogens is 288 g/mol. The molecule has 0 radical (unpaired) electrons. The molecule has 1 saturated heterocycles. The minimum Gasteiger partial charge on any atom is -0.490 e. The van der Waals surface area contributed by atoms with Crippen LogP contribution in [0, 0.1) is 5.41 Å². The zero-order valence-electron chi connectivity index (χ0n) is 14.3. The summed E-state index contributed by atoms with van der Waals surface area (Å²) < 4.78 is 6.02. The maximum Gasteiger partial charge on any atom is 0.254 e. The van der Waals surface area contributed by atoms with E-state index >= 15 is 0 Å². The van der Waals surface area contributed by atoms with E-state index in [1.165, 1.54) is 12.8 Å². The molecule has 0 spiro atoms. The number of amides is 1. The van der Waals surface area contributed by atoms with Crippen LogP contribution in [0.2, 0.25) is 0 Å². The summed E-state index contributed by atoms with van der Waals surface area (Å²) in [6.45, 7) is 5.71. The number of rotatable bonds is 3. The molecule has 4 heteroatoms. The Hall–Kier alpha value is -1.55. The average molecular weight is 316 g/mol. The molecule has 0 bridgehead atoms. The minimum absolute atomic E-state index is 0.0358. The highest BCUT2D eigenvalue weighted by Crippen LogP contribution is 2.29. The van der Waals surface area contributed by atoms with Crippen molar-refractivity contribution >= 4 is 5.91 Å². The van der Waals surface area contributed by atoms with Gasteiger partial charge in [-0.05, 0) is 55.7 Å². The topological polar surface area (TPSA) is 55.6 Å². The van der Waals surface area contributed by atoms with Gasteiger partial charge in [0.1, 0.15) is 5.75 Å². The maximum atomic E-state index is 12.8. The molecule has 1 heterocycles. The van der Waals surface area contributed by atoms with Gasteiger partial charge in [-0.15, -0.1) is 0 Å². The lowest BCUT2D eigenvalue weighted by Crippen LogP contribution is -2.53. The fourth-order valence-corrected chi connectivity index (χ4v) is 3.63. The standard InChI is InChI=1S/C19H28N2O2/c1-19(2)13-21(11-10-17(19)20)18(22)14-6-5-9-16(12-14)23-15-7-3-4-8-15/h5-6,9,12,15,17H,3-4,7-8,10-11,13,20H2,1-2H3. The zero-order valence-corrected chi connectivity index (χ0v) is 14.3. The zero-order chi connectivity index (χ0) is 16.4. The van der Waals surface area contributed by atoms with E-state index in [0.717, 1.165) is 31.6 Å². The van der Waals surface area contributed by atoms with Gasteiger partial charge in [-0.3, -0.25) is 4.79 Å². The molecule has 126 valence electrons. The van der Waals surface area contributed by atoms with E-state index in [2.05, 4.69) is 13.8 Å². The molecule has 1 atom stereocenters. The van der Waals surface area contributed by atoms with Crippen LogP contribution in [-0.2, 0) is 0 Å². The number of ether oxygens (including phenoxy) is 1. The second-order valence-electron chi connectivity index (χ2n) is 7.66. The van der Waals surface area contributed by atoms with Gasteiger partial charge in [0.05, 0.1) is 6.10 Å². The average Bonchev–Trinajstić information content (AvgIpc) is 3.02. The number of hydrogen-bond donors (Lipinski definition) is 1. The summed E-state index contributed by atoms with van der Waals surface area (Å²) in [6, 6.07) is 7.79. The smallest absolute Gasteiger partial charge is 0.254 e. The van der Waals surface area contributed by atoms with E-state index in [1.54, 1.807) is 0 Å². The second-order valence-corrected chi connectivity index (χ2v) is 7.66. The summed E-state index contributed by atoms with van der Waals surface area (Å²) in [5, 5.41) is 0. The molecule has 1 saturated carbocycles. The normalized spacial score (nSPS) is 24.7. The van der Waals surface area contributed by atoms with Gasteiger partial charge in [0.2, 0.25) is 0 Å². The Balaban J connectivity index is 1.69. The van der Waals surface area contributed by atoms with E-state index in [4.69, 9.17) is 10.5 Å². The molecular formula is C19H28N2O2. The maximum absolute atomic E-state index is 12.8. The van der Waals surface area contributed by atoms with Crippen molar-refractivity contribution in [3.8, 4) is 5.75 Å². The molecule has 2 fully saturated rings. The highest BCUT2D eigenvalue weighted by Gasteiger charge is 2.35. The summed E-state index contributed by atoms with van der Waals surface area (Å²) in [5.41, 5.74) is 6.85. The van der Waals surface area contributed by atoms with E-state index in [1.807, 2.05) is 29.2 Å². The molecule has 23 heavy (non-hydrogen) atoms. The summed E-state index contributed by atoms with van der Waals surface area (Å²) >= 11 is 0. The van der Waals surface area contributed by atoms with Gasteiger partial charge < -0.3 is 15.4 Å². The van der Waals surface area contributed by atoms with Crippen molar-refractivity contribution in [1.82, 2.24) is 4.90 Å². The number of hydrogen-bond acceptors (Lipinski definition) is 3. The van der Waals surface area contributed by atoms with Crippen LogP contribution >= 0.6 is 0 Å². The van der Waals surface area contributed by atoms with Crippen molar-refractivity contribution in [1.29, 1.82) is 0 Å². The molecule has 3 rings (SSSR count). The Morgan fingerprint density at radius 3 is 2.70 bits per heavy atom. The van der Waals surface area contributed by atoms with Crippen LogP contribution in [0.4, 0.5) is 0 Å². The van der Waals surface area contributed by atoms with E-state index in [-0.39, 0.29) is 17.4 Å². The van der Waals surface area contributed by atoms with Crippen LogP contribution in [-0.4, -0.2) is 36.0 Å². The predicted molar refractivity (Wildman–Crippen MR) is 91.6 cm³/mol. The first-order chi connectivity index (χ1) is 11.0. The highest BCUT2D eigenvalue weighted by molar-refractivity contribution is 5.94. The van der Waals surface area contributed by atoms with Crippen LogP contribution in [0.15, 0.2) is 24.3 Å². The number of piperidine rings is 1. The number of nitrogens with zero attached hydrogens (tertiary/aromatic N) is 1. The Bertz CT molecular complexity index is 564. The van der Waals surface area contributed by atoms with Crippen molar-refractivity contribution in [2.24, 2.45) is 11.1 Å². The number of nitrogens with two attached hydrogens (primary N) is 1. The first-order valence-corrected chi connectivity index (χ1v) is 8.77. The first kappa shape index (κ1) is 16.3. The molecule has 1 aliphatic carbocycles. The molecule has 1 aliphatic heterocycles. The number of benzene rings is 1. The Kier molecular flexibility index (Phi) is 4.62. The van der Waals surface area contributed by atoms with Crippen LogP contribution in [0.25, 0.3) is 0 Å². The van der Waals surface area contributed by atoms with Crippen LogP contribution in [0.1, 0.15) is 56.3 Å². The first-order valence-electron chi connectivity index (χ1n) is 8.77. The monoisotopic (exact) mass is 316 g/mol. The van der Waals surface area contributed by atoms with Crippen LogP contribution in [0.3, 0.4) is 0 Å². The number of carbonyl (C=O) groups excluding carboxylic acids is 1. The van der Waals surface area contributed by atoms with Gasteiger partial charge >= 0.3 is 0 Å². The van der Waals surface area contributed by atoms with Crippen molar-refractivity contribution in [2.45, 2.75) is 58.1 Å². The number of likely N-dealkylation sites (tertiary alicyclic amines) is 1. The van der Waals surface area contributed by atoms with Gasteiger partial charge in [-0.1, -0.05) is 19.9 Å². The van der Waals surface area contributed by atoms with Crippen molar-refractivity contribution in [3.63, 3.8) is 0 Å². The summed E-state index contributed by atoms with van der Waals surface area (Å²) in [4.78, 5) is 14.7. The van der Waals surface area contributed by atoms with E-state index in [9.17, 15) is 4.79 Å². The highest BCUT2D eigenvalue weighted by atomic mass is 16.5. The van der Waals surface area contributed by atoms with Gasteiger partial charge in [0.15, 0.2) is 0 Å². The lowest BCUT2D eigenvalue weighted by Gasteiger charge is -2.42.